The number of amides is 1. The van der Waals surface area contributed by atoms with Gasteiger partial charge in [0.25, 0.3) is 5.91 Å². The van der Waals surface area contributed by atoms with Crippen LogP contribution in [-0.4, -0.2) is 36.3 Å². The fourth-order valence-corrected chi connectivity index (χ4v) is 2.93. The van der Waals surface area contributed by atoms with Crippen molar-refractivity contribution in [3.05, 3.63) is 76.7 Å². The maximum absolute atomic E-state index is 12.1. The van der Waals surface area contributed by atoms with Gasteiger partial charge in [-0.15, -0.1) is 5.10 Å². The van der Waals surface area contributed by atoms with Crippen molar-refractivity contribution in [3.63, 3.8) is 0 Å². The summed E-state index contributed by atoms with van der Waals surface area (Å²) in [4.78, 5) is 35.2. The van der Waals surface area contributed by atoms with Crippen LogP contribution in [0.4, 0.5) is 0 Å². The van der Waals surface area contributed by atoms with Crippen LogP contribution >= 0.6 is 11.8 Å². The van der Waals surface area contributed by atoms with Crippen molar-refractivity contribution in [3.8, 4) is 5.75 Å². The molecule has 1 aliphatic heterocycles. The van der Waals surface area contributed by atoms with Gasteiger partial charge in [0.05, 0.1) is 23.8 Å². The van der Waals surface area contributed by atoms with Crippen molar-refractivity contribution in [2.45, 2.75) is 0 Å². The molecule has 1 amide bonds. The van der Waals surface area contributed by atoms with Gasteiger partial charge in [0.15, 0.2) is 5.17 Å². The molecule has 0 radical (unpaired) electrons. The third-order valence-electron chi connectivity index (χ3n) is 3.53. The lowest BCUT2D eigenvalue weighted by atomic mass is 10.2. The molecule has 0 unspecified atom stereocenters. The Kier molecular flexibility index (Phi) is 6.54. The third-order valence-corrected chi connectivity index (χ3v) is 4.43. The second-order valence-corrected chi connectivity index (χ2v) is 6.60. The number of carbonyl (C=O) groups is 3. The van der Waals surface area contributed by atoms with Crippen LogP contribution in [0.2, 0.25) is 0 Å². The smallest absolute Gasteiger partial charge is 0.343 e. The summed E-state index contributed by atoms with van der Waals surface area (Å²) < 4.78 is 9.84. The Labute approximate surface area is 170 Å². The van der Waals surface area contributed by atoms with Crippen LogP contribution < -0.4 is 10.1 Å². The lowest BCUT2D eigenvalue weighted by molar-refractivity contribution is -0.135. The predicted octanol–water partition coefficient (Wildman–Crippen LogP) is 2.52. The standard InChI is InChI=1S/C20H15N3O5S/c1-27-17(24)11-16-18(25)22-20(29-16)23-21-12-13-6-5-9-15(10-13)28-19(26)14-7-3-2-4-8-14/h2-12H,1H3,(H,22,23,25)/b16-11+,21-12?. The second-order valence-electron chi connectivity index (χ2n) is 5.57. The van der Waals surface area contributed by atoms with E-state index in [2.05, 4.69) is 20.3 Å². The Hall–Kier alpha value is -3.72. The molecule has 8 nitrogen and oxygen atoms in total. The zero-order valence-electron chi connectivity index (χ0n) is 15.2. The number of methoxy groups -OCH3 is 1. The van der Waals surface area contributed by atoms with Gasteiger partial charge in [-0.25, -0.2) is 9.59 Å². The van der Waals surface area contributed by atoms with Crippen LogP contribution in [0.1, 0.15) is 15.9 Å². The van der Waals surface area contributed by atoms with E-state index in [-0.39, 0.29) is 10.1 Å². The fourth-order valence-electron chi connectivity index (χ4n) is 2.19. The molecule has 2 aromatic rings. The molecule has 0 spiro atoms. The third kappa shape index (κ3) is 5.63. The summed E-state index contributed by atoms with van der Waals surface area (Å²) in [5.41, 5.74) is 1.09. The quantitative estimate of drug-likeness (QED) is 0.267. The van der Waals surface area contributed by atoms with Gasteiger partial charge < -0.3 is 9.47 Å². The minimum Gasteiger partial charge on any atom is -0.466 e. The number of benzene rings is 2. The summed E-state index contributed by atoms with van der Waals surface area (Å²) in [6, 6.07) is 15.4. The van der Waals surface area contributed by atoms with Gasteiger partial charge in [-0.05, 0) is 41.6 Å². The van der Waals surface area contributed by atoms with Crippen LogP contribution in [0.5, 0.6) is 5.75 Å². The van der Waals surface area contributed by atoms with Crippen molar-refractivity contribution in [2.75, 3.05) is 7.11 Å². The lowest BCUT2D eigenvalue weighted by Crippen LogP contribution is -2.19. The van der Waals surface area contributed by atoms with Crippen molar-refractivity contribution in [1.29, 1.82) is 0 Å². The lowest BCUT2D eigenvalue weighted by Gasteiger charge is -2.04. The SMILES string of the molecule is COC(=O)/C=C1/S/C(=N\N=Cc2cccc(OC(=O)c3ccccc3)c2)NC1=O. The Bertz CT molecular complexity index is 1030. The predicted molar refractivity (Wildman–Crippen MR) is 109 cm³/mol. The molecule has 0 aliphatic carbocycles. The van der Waals surface area contributed by atoms with E-state index in [0.29, 0.717) is 16.9 Å². The number of carbonyl (C=O) groups excluding carboxylic acids is 3. The molecule has 0 atom stereocenters. The van der Waals surface area contributed by atoms with Gasteiger partial charge >= 0.3 is 11.9 Å². The molecule has 0 saturated carbocycles. The van der Waals surface area contributed by atoms with Gasteiger partial charge in [-0.2, -0.15) is 5.10 Å². The van der Waals surface area contributed by atoms with E-state index in [0.717, 1.165) is 17.8 Å². The molecule has 1 saturated heterocycles. The summed E-state index contributed by atoms with van der Waals surface area (Å²) in [5, 5.41) is 10.5. The molecule has 9 heteroatoms. The van der Waals surface area contributed by atoms with Gasteiger partial charge in [0, 0.05) is 6.08 Å². The number of ether oxygens (including phenoxy) is 2. The highest BCUT2D eigenvalue weighted by Crippen LogP contribution is 2.23. The number of nitrogens with zero attached hydrogens (tertiary/aromatic N) is 2. The Balaban J connectivity index is 1.64. The van der Waals surface area contributed by atoms with E-state index in [9.17, 15) is 14.4 Å². The molecule has 146 valence electrons. The summed E-state index contributed by atoms with van der Waals surface area (Å²) in [6.07, 6.45) is 2.53. The summed E-state index contributed by atoms with van der Waals surface area (Å²) in [7, 11) is 1.22. The number of nitrogens with one attached hydrogen (secondary N) is 1. The molecule has 2 aromatic carbocycles. The molecule has 1 heterocycles. The van der Waals surface area contributed by atoms with Gasteiger partial charge in [0.1, 0.15) is 5.75 Å². The average molecular weight is 409 g/mol. The molecular formula is C20H15N3O5S. The first kappa shape index (κ1) is 20.0. The minimum absolute atomic E-state index is 0.167. The maximum Gasteiger partial charge on any atom is 0.343 e. The van der Waals surface area contributed by atoms with Gasteiger partial charge in [-0.3, -0.25) is 10.1 Å². The van der Waals surface area contributed by atoms with Crippen LogP contribution in [-0.2, 0) is 14.3 Å². The molecule has 3 rings (SSSR count). The van der Waals surface area contributed by atoms with Crippen molar-refractivity contribution < 1.29 is 23.9 Å². The van der Waals surface area contributed by atoms with Crippen molar-refractivity contribution >= 4 is 41.0 Å². The highest BCUT2D eigenvalue weighted by molar-refractivity contribution is 8.18. The summed E-state index contributed by atoms with van der Waals surface area (Å²) in [5.74, 6) is -1.18. The zero-order valence-corrected chi connectivity index (χ0v) is 16.0. The largest absolute Gasteiger partial charge is 0.466 e. The number of amidine groups is 1. The van der Waals surface area contributed by atoms with Crippen molar-refractivity contribution in [1.82, 2.24) is 5.32 Å². The van der Waals surface area contributed by atoms with Crippen LogP contribution in [0.3, 0.4) is 0 Å². The Morgan fingerprint density at radius 1 is 1.10 bits per heavy atom. The van der Waals surface area contributed by atoms with Crippen LogP contribution in [0, 0.1) is 0 Å². The fraction of sp³-hybridized carbons (Fsp3) is 0.0500. The van der Waals surface area contributed by atoms with E-state index >= 15 is 0 Å². The molecule has 1 N–H and O–H groups in total. The average Bonchev–Trinajstić information content (AvgIpc) is 3.07. The molecular weight excluding hydrogens is 394 g/mol. The summed E-state index contributed by atoms with van der Waals surface area (Å²) in [6.45, 7) is 0. The topological polar surface area (TPSA) is 106 Å². The molecule has 29 heavy (non-hydrogen) atoms. The van der Waals surface area contributed by atoms with Crippen molar-refractivity contribution in [2.24, 2.45) is 10.2 Å². The number of thioether (sulfide) groups is 1. The maximum atomic E-state index is 12.1. The summed E-state index contributed by atoms with van der Waals surface area (Å²) >= 11 is 0.973. The zero-order chi connectivity index (χ0) is 20.6. The monoisotopic (exact) mass is 409 g/mol. The van der Waals surface area contributed by atoms with E-state index in [1.54, 1.807) is 48.5 Å². The molecule has 0 aromatic heterocycles. The molecule has 0 bridgehead atoms. The van der Waals surface area contributed by atoms with E-state index < -0.39 is 17.8 Å². The van der Waals surface area contributed by atoms with Gasteiger partial charge in [0.2, 0.25) is 0 Å². The molecule has 1 fully saturated rings. The number of hydrogen-bond donors (Lipinski definition) is 1. The number of hydrogen-bond acceptors (Lipinski definition) is 8. The van der Waals surface area contributed by atoms with E-state index in [4.69, 9.17) is 4.74 Å². The Morgan fingerprint density at radius 2 is 1.90 bits per heavy atom. The van der Waals surface area contributed by atoms with Gasteiger partial charge in [-0.1, -0.05) is 30.3 Å². The Morgan fingerprint density at radius 3 is 2.66 bits per heavy atom. The first-order chi connectivity index (χ1) is 14.0. The first-order valence-electron chi connectivity index (χ1n) is 8.32. The number of esters is 2. The minimum atomic E-state index is -0.630. The highest BCUT2D eigenvalue weighted by Gasteiger charge is 2.24. The van der Waals surface area contributed by atoms with Crippen LogP contribution in [0.25, 0.3) is 0 Å². The van der Waals surface area contributed by atoms with E-state index in [1.165, 1.54) is 13.3 Å². The second kappa shape index (κ2) is 9.47. The van der Waals surface area contributed by atoms with Crippen LogP contribution in [0.15, 0.2) is 75.8 Å². The number of rotatable bonds is 5. The first-order valence-corrected chi connectivity index (χ1v) is 9.14. The highest BCUT2D eigenvalue weighted by atomic mass is 32.2. The van der Waals surface area contributed by atoms with E-state index in [1.807, 2.05) is 6.07 Å². The normalized spacial score (nSPS) is 16.2. The molecule has 1 aliphatic rings.